The van der Waals surface area contributed by atoms with Crippen LogP contribution in [0.2, 0.25) is 0 Å². The van der Waals surface area contributed by atoms with Crippen LogP contribution < -0.4 is 10.6 Å². The van der Waals surface area contributed by atoms with Crippen molar-refractivity contribution in [1.29, 1.82) is 0 Å². The molecule has 0 unspecified atom stereocenters. The molecule has 1 saturated heterocycles. The fourth-order valence-electron chi connectivity index (χ4n) is 2.01. The van der Waals surface area contributed by atoms with Crippen molar-refractivity contribution >= 4 is 11.6 Å². The van der Waals surface area contributed by atoms with Crippen LogP contribution in [0.5, 0.6) is 0 Å². The summed E-state index contributed by atoms with van der Waals surface area (Å²) < 4.78 is 26.7. The lowest BCUT2D eigenvalue weighted by Crippen LogP contribution is -2.44. The van der Waals surface area contributed by atoms with E-state index in [1.807, 2.05) is 0 Å². The molecule has 2 rings (SSSR count). The number of benzene rings is 1. The summed E-state index contributed by atoms with van der Waals surface area (Å²) in [6.07, 6.45) is 0.230. The number of halogens is 2. The number of anilines is 1. The summed E-state index contributed by atoms with van der Waals surface area (Å²) >= 11 is 0. The second-order valence-electron chi connectivity index (χ2n) is 4.49. The van der Waals surface area contributed by atoms with Gasteiger partial charge < -0.3 is 15.5 Å². The lowest BCUT2D eigenvalue weighted by molar-refractivity contribution is -0.116. The first-order valence-corrected chi connectivity index (χ1v) is 6.34. The Morgan fingerprint density at radius 3 is 2.53 bits per heavy atom. The molecule has 1 amide bonds. The van der Waals surface area contributed by atoms with Crippen LogP contribution in [-0.4, -0.2) is 43.5 Å². The monoisotopic (exact) mass is 269 g/mol. The molecule has 0 aliphatic carbocycles. The van der Waals surface area contributed by atoms with E-state index in [4.69, 9.17) is 0 Å². The van der Waals surface area contributed by atoms with Gasteiger partial charge in [-0.25, -0.2) is 8.78 Å². The van der Waals surface area contributed by atoms with E-state index >= 15 is 0 Å². The van der Waals surface area contributed by atoms with Crippen LogP contribution in [0.25, 0.3) is 0 Å². The molecule has 1 aliphatic rings. The summed E-state index contributed by atoms with van der Waals surface area (Å²) in [6.45, 7) is 4.19. The predicted octanol–water partition coefficient (Wildman–Crippen LogP) is 1.20. The molecule has 4 nitrogen and oxygen atoms in total. The zero-order chi connectivity index (χ0) is 13.7. The third-order valence-electron chi connectivity index (χ3n) is 3.09. The highest BCUT2D eigenvalue weighted by Gasteiger charge is 2.14. The Bertz CT molecular complexity index is 427. The van der Waals surface area contributed by atoms with E-state index in [1.165, 1.54) is 6.07 Å². The van der Waals surface area contributed by atoms with E-state index in [1.54, 1.807) is 0 Å². The van der Waals surface area contributed by atoms with Crippen molar-refractivity contribution in [2.45, 2.75) is 6.42 Å². The fourth-order valence-corrected chi connectivity index (χ4v) is 2.01. The molecule has 0 radical (unpaired) electrons. The smallest absolute Gasteiger partial charge is 0.225 e. The van der Waals surface area contributed by atoms with Gasteiger partial charge >= 0.3 is 0 Å². The largest absolute Gasteiger partial charge is 0.321 e. The minimum atomic E-state index is -0.754. The minimum Gasteiger partial charge on any atom is -0.321 e. The summed E-state index contributed by atoms with van der Waals surface area (Å²) in [4.78, 5) is 13.8. The number of carbonyl (C=O) groups is 1. The zero-order valence-corrected chi connectivity index (χ0v) is 10.6. The number of hydrogen-bond acceptors (Lipinski definition) is 3. The highest BCUT2D eigenvalue weighted by molar-refractivity contribution is 5.91. The first-order valence-electron chi connectivity index (χ1n) is 6.34. The van der Waals surface area contributed by atoms with Gasteiger partial charge in [0.15, 0.2) is 0 Å². The van der Waals surface area contributed by atoms with Crippen LogP contribution in [0.3, 0.4) is 0 Å². The molecule has 0 spiro atoms. The number of piperazine rings is 1. The highest BCUT2D eigenvalue weighted by Crippen LogP contribution is 2.18. The van der Waals surface area contributed by atoms with Crippen LogP contribution in [-0.2, 0) is 4.79 Å². The van der Waals surface area contributed by atoms with Gasteiger partial charge in [-0.2, -0.15) is 0 Å². The van der Waals surface area contributed by atoms with Gasteiger partial charge in [0.2, 0.25) is 5.91 Å². The molecule has 1 aromatic rings. The molecular weight excluding hydrogens is 252 g/mol. The van der Waals surface area contributed by atoms with Gasteiger partial charge in [0.05, 0.1) is 0 Å². The molecule has 0 bridgehead atoms. The molecule has 6 heteroatoms. The summed E-state index contributed by atoms with van der Waals surface area (Å²) in [5.74, 6) is -1.88. The number of hydrogen-bond donors (Lipinski definition) is 2. The maximum absolute atomic E-state index is 13.3. The summed E-state index contributed by atoms with van der Waals surface area (Å²) in [5.41, 5.74) is -0.368. The van der Waals surface area contributed by atoms with E-state index in [2.05, 4.69) is 15.5 Å². The first kappa shape index (κ1) is 13.9. The van der Waals surface area contributed by atoms with Crippen molar-refractivity contribution < 1.29 is 13.6 Å². The quantitative estimate of drug-likeness (QED) is 0.863. The topological polar surface area (TPSA) is 44.4 Å². The van der Waals surface area contributed by atoms with E-state index in [0.717, 1.165) is 38.3 Å². The van der Waals surface area contributed by atoms with Gasteiger partial charge in [0.25, 0.3) is 0 Å². The second kappa shape index (κ2) is 6.58. The SMILES string of the molecule is O=C(CCN1CCNCC1)Nc1c(F)cccc1F. The number of para-hydroxylation sites is 1. The standard InChI is InChI=1S/C13H17F2N3O/c14-10-2-1-3-11(15)13(10)17-12(19)4-7-18-8-5-16-6-9-18/h1-3,16H,4-9H2,(H,17,19). The Balaban J connectivity index is 1.83. The lowest BCUT2D eigenvalue weighted by Gasteiger charge is -2.26. The average molecular weight is 269 g/mol. The van der Waals surface area contributed by atoms with Crippen LogP contribution >= 0.6 is 0 Å². The molecule has 1 fully saturated rings. The van der Waals surface area contributed by atoms with E-state index in [0.29, 0.717) is 6.54 Å². The second-order valence-corrected chi connectivity index (χ2v) is 4.49. The molecule has 0 atom stereocenters. The minimum absolute atomic E-state index is 0.230. The molecule has 0 saturated carbocycles. The molecule has 2 N–H and O–H groups in total. The zero-order valence-electron chi connectivity index (χ0n) is 10.6. The fraction of sp³-hybridized carbons (Fsp3) is 0.462. The summed E-state index contributed by atoms with van der Waals surface area (Å²) in [5, 5.41) is 5.50. The molecule has 1 heterocycles. The number of nitrogens with zero attached hydrogens (tertiary/aromatic N) is 1. The maximum Gasteiger partial charge on any atom is 0.225 e. The number of carbonyl (C=O) groups excluding carboxylic acids is 1. The number of amides is 1. The van der Waals surface area contributed by atoms with Crippen LogP contribution in [0.1, 0.15) is 6.42 Å². The Morgan fingerprint density at radius 2 is 1.89 bits per heavy atom. The van der Waals surface area contributed by atoms with Gasteiger partial charge in [-0.05, 0) is 12.1 Å². The molecular formula is C13H17F2N3O. The first-order chi connectivity index (χ1) is 9.16. The molecule has 0 aromatic heterocycles. The van der Waals surface area contributed by atoms with Gasteiger partial charge in [-0.1, -0.05) is 6.07 Å². The van der Waals surface area contributed by atoms with Gasteiger partial charge in [-0.3, -0.25) is 4.79 Å². The maximum atomic E-state index is 13.3. The van der Waals surface area contributed by atoms with E-state index in [-0.39, 0.29) is 18.0 Å². The number of rotatable bonds is 4. The van der Waals surface area contributed by atoms with Crippen molar-refractivity contribution in [3.8, 4) is 0 Å². The molecule has 1 aliphatic heterocycles. The summed E-state index contributed by atoms with van der Waals surface area (Å²) in [6, 6.07) is 3.51. The van der Waals surface area contributed by atoms with Crippen molar-refractivity contribution in [3.63, 3.8) is 0 Å². The third-order valence-corrected chi connectivity index (χ3v) is 3.09. The lowest BCUT2D eigenvalue weighted by atomic mass is 10.2. The normalized spacial score (nSPS) is 16.3. The van der Waals surface area contributed by atoms with Crippen LogP contribution in [0.4, 0.5) is 14.5 Å². The van der Waals surface area contributed by atoms with E-state index < -0.39 is 11.6 Å². The van der Waals surface area contributed by atoms with Gasteiger partial charge in [0.1, 0.15) is 17.3 Å². The van der Waals surface area contributed by atoms with Crippen molar-refractivity contribution in [2.75, 3.05) is 38.0 Å². The highest BCUT2D eigenvalue weighted by atomic mass is 19.1. The molecule has 104 valence electrons. The van der Waals surface area contributed by atoms with Gasteiger partial charge in [-0.15, -0.1) is 0 Å². The van der Waals surface area contributed by atoms with Crippen LogP contribution in [0.15, 0.2) is 18.2 Å². The third kappa shape index (κ3) is 3.97. The van der Waals surface area contributed by atoms with Crippen molar-refractivity contribution in [3.05, 3.63) is 29.8 Å². The van der Waals surface area contributed by atoms with Gasteiger partial charge in [0, 0.05) is 39.1 Å². The van der Waals surface area contributed by atoms with Crippen molar-refractivity contribution in [1.82, 2.24) is 10.2 Å². The Hall–Kier alpha value is -1.53. The Kier molecular flexibility index (Phi) is 4.81. The average Bonchev–Trinajstić information content (AvgIpc) is 2.42. The molecule has 1 aromatic carbocycles. The molecule has 19 heavy (non-hydrogen) atoms. The van der Waals surface area contributed by atoms with Crippen molar-refractivity contribution in [2.24, 2.45) is 0 Å². The van der Waals surface area contributed by atoms with Crippen LogP contribution in [0, 0.1) is 11.6 Å². The Morgan fingerprint density at radius 1 is 1.26 bits per heavy atom. The van der Waals surface area contributed by atoms with E-state index in [9.17, 15) is 13.6 Å². The summed E-state index contributed by atoms with van der Waals surface area (Å²) in [7, 11) is 0. The Labute approximate surface area is 110 Å². The number of nitrogens with one attached hydrogen (secondary N) is 2. The predicted molar refractivity (Wildman–Crippen MR) is 68.9 cm³/mol.